The van der Waals surface area contributed by atoms with Crippen LogP contribution in [0.1, 0.15) is 190 Å². The first kappa shape index (κ1) is 100. The summed E-state index contributed by atoms with van der Waals surface area (Å²) in [4.78, 5) is 126. The number of anilines is 6. The number of carbonyl (C=O) groups is 8. The number of carbonyl (C=O) groups excluding carboxylic acids is 8. The summed E-state index contributed by atoms with van der Waals surface area (Å²) >= 11 is 0. The van der Waals surface area contributed by atoms with E-state index in [0.29, 0.717) is 76.3 Å². The Morgan fingerprint density at radius 2 is 0.718 bits per heavy atom. The average molecular weight is 1970 g/mol. The molecule has 0 bridgehead atoms. The third kappa shape index (κ3) is 24.3. The molecule has 0 spiro atoms. The zero-order chi connectivity index (χ0) is 100. The van der Waals surface area contributed by atoms with Gasteiger partial charge in [0.15, 0.2) is 23.3 Å². The number of nitrogens with two attached hydrogens (primary N) is 4. The molecule has 0 unspecified atom stereocenters. The summed E-state index contributed by atoms with van der Waals surface area (Å²) < 4.78 is 61.2. The van der Waals surface area contributed by atoms with Crippen LogP contribution < -0.4 is 53.6 Å². The molecule has 4 saturated heterocycles. The first-order valence-corrected chi connectivity index (χ1v) is 51.2. The Hall–Kier alpha value is -14.6. The lowest BCUT2D eigenvalue weighted by Gasteiger charge is -2.38. The zero-order valence-electron chi connectivity index (χ0n) is 79.2. The average Bonchev–Trinajstić information content (AvgIpc) is 1.63. The molecular formula is C101H117N27O12S2. The van der Waals surface area contributed by atoms with Crippen molar-refractivity contribution in [2.75, 3.05) is 115 Å². The largest absolute Gasteiger partial charge is 0.365 e. The normalized spacial score (nSPS) is 18.2. The molecular weight excluding hydrogens is 1850 g/mol. The first-order chi connectivity index (χ1) is 68.3. The monoisotopic (exact) mass is 1960 g/mol. The number of nitrogens with one attached hydrogen (secondary N) is 6. The molecule has 8 amide bonds. The highest BCUT2D eigenvalue weighted by Gasteiger charge is 2.48. The second-order valence-electron chi connectivity index (χ2n) is 38.6. The van der Waals surface area contributed by atoms with Crippen molar-refractivity contribution in [1.82, 2.24) is 58.7 Å². The molecule has 41 heteroatoms. The minimum atomic E-state index is -3.69. The Morgan fingerprint density at radius 3 is 1.04 bits per heavy atom. The molecule has 0 atom stereocenters. The van der Waals surface area contributed by atoms with Crippen molar-refractivity contribution < 1.29 is 55.2 Å². The van der Waals surface area contributed by atoms with Gasteiger partial charge in [0.25, 0.3) is 33.7 Å². The lowest BCUT2D eigenvalue weighted by molar-refractivity contribution is -0.118. The summed E-state index contributed by atoms with van der Waals surface area (Å²) in [5.41, 5.74) is 31.1. The van der Waals surface area contributed by atoms with Crippen LogP contribution in [0.4, 0.5) is 40.3 Å². The van der Waals surface area contributed by atoms with Crippen LogP contribution in [-0.4, -0.2) is 213 Å². The van der Waals surface area contributed by atoms with E-state index in [9.17, 15) is 55.2 Å². The molecule has 5 aliphatic carbocycles. The lowest BCUT2D eigenvalue weighted by Crippen LogP contribution is -2.48. The molecule has 9 heterocycles. The number of hydrogen-bond acceptors (Lipinski definition) is 21. The second kappa shape index (κ2) is 43.2. The SMILES string of the molecule is [C-]#[N+]CC1(n2cc(C(N)=O)c(NC(=O)C3CC3)n2)CCN(Cc2ccc3c(c2)CC=C3)CC1.[C-]#[N+]CC1(n2cc(C(N)=O)c(NC(=O)C3CC3)n2)CCN(Cc2ccc3c(c2)CC=N3)CC1.[C-]#[N+]CC1(n2cc(C(N)=O)c(NC(=O)C3CC3)n2)CCN(Cc2cccc(NS(=O)(=O)CC)c2)CC1.[C-]#[N+]CC1(n2cc(C(N)=O)c(NC(=O)C3CC3)n2)CCN(Cc2cccc(NS(=O)(=O)c3ccccc3)c2)CC1. The standard InChI is InChI=1S/C28H31N7O4S.C25H28N6O2.C24H31N7O4S.C24H27N7O2/c1-30-19-28(35-18-24(25(29)36)26(32-35)31-27(37)21-10-11-21)12-14-34(15-13-28)17-20-6-5-7-22(16-20)33-40(38,39)23-8-3-2-4-9-23;1-27-16-25(31-15-21(22(26)32)23(29-31)28-24(33)19-7-8-19)9-11-30(12-10-25)14-17-5-6-18-3-2-4-20(18)13-17;1-3-36(34,35)29-19-6-4-5-17(13-19)14-30-11-9-24(10-12-30,16-26-2)31-15-20(21(25)32)22(28-31)27-23(33)18-7-8-18;1-26-15-24(31-14-19(21(25)32)22(29-31)28-23(33)17-3-4-17)7-10-30(11-8-24)13-16-2-5-20-18(12-16)6-9-27-20/h2-9,16,18,21,33H,10-15,17,19H2,(H2,29,36)(H,31,32,37);2-3,5-6,13,15,19H,4,7-12,14,16H2,(H2,26,32)(H,28,29,33);4-6,13,15,18,29H,3,7-12,14,16H2,1H3,(H2,25,32)(H,27,28,33);2,5,9,12,14,17H,3-4,6-8,10-11,13,15H2,(H2,25,32)(H,28,29,33). The zero-order valence-corrected chi connectivity index (χ0v) is 80.8. The number of nitrogens with zero attached hydrogens (tertiary/aromatic N) is 17. The maximum atomic E-state index is 12.7. The van der Waals surface area contributed by atoms with Crippen LogP contribution in [0.3, 0.4) is 0 Å². The number of sulfonamides is 2. The van der Waals surface area contributed by atoms with Gasteiger partial charge in [-0.2, -0.15) is 20.4 Å². The fourth-order valence-corrected chi connectivity index (χ4v) is 20.7. The Balaban J connectivity index is 0.000000137. The Bertz CT molecular complexity index is 6580. The summed E-state index contributed by atoms with van der Waals surface area (Å²) in [6, 6.07) is 35.9. The van der Waals surface area contributed by atoms with Crippen molar-refractivity contribution in [3.8, 4) is 0 Å². The molecule has 10 aliphatic rings. The summed E-state index contributed by atoms with van der Waals surface area (Å²) in [6.45, 7) is 41.5. The number of allylic oxidation sites excluding steroid dienone is 1. The molecule has 5 aromatic carbocycles. The van der Waals surface area contributed by atoms with Gasteiger partial charge in [0, 0.05) is 151 Å². The van der Waals surface area contributed by atoms with E-state index in [1.54, 1.807) is 92.9 Å². The van der Waals surface area contributed by atoms with E-state index in [1.165, 1.54) is 27.8 Å². The van der Waals surface area contributed by atoms with Crippen LogP contribution in [0.15, 0.2) is 156 Å². The van der Waals surface area contributed by atoms with Crippen molar-refractivity contribution in [3.05, 3.63) is 253 Å². The summed E-state index contributed by atoms with van der Waals surface area (Å²) in [5.74, 6) is -2.64. The molecule has 4 aromatic heterocycles. The van der Waals surface area contributed by atoms with E-state index in [4.69, 9.17) is 49.2 Å². The number of likely N-dealkylation sites (tertiary alicyclic amines) is 4. The molecule has 14 N–H and O–H groups in total. The van der Waals surface area contributed by atoms with E-state index >= 15 is 0 Å². The van der Waals surface area contributed by atoms with E-state index in [-0.39, 0.29) is 130 Å². The van der Waals surface area contributed by atoms with Crippen LogP contribution in [0, 0.1) is 50.0 Å². The van der Waals surface area contributed by atoms with Crippen molar-refractivity contribution in [2.45, 2.75) is 176 Å². The number of amides is 8. The van der Waals surface area contributed by atoms with Gasteiger partial charge in [-0.1, -0.05) is 84.9 Å². The minimum absolute atomic E-state index is 0.00333. The van der Waals surface area contributed by atoms with Gasteiger partial charge in [-0.3, -0.25) is 91.1 Å². The topological polar surface area (TPSA) is 495 Å². The Kier molecular flexibility index (Phi) is 30.6. The van der Waals surface area contributed by atoms with E-state index in [0.717, 1.165) is 146 Å². The quantitative estimate of drug-likeness (QED) is 0.0168. The molecule has 5 aliphatic heterocycles. The van der Waals surface area contributed by atoms with E-state index in [2.05, 4.69) is 144 Å². The number of fused-ring (bicyclic) bond motifs is 2. The van der Waals surface area contributed by atoms with Gasteiger partial charge < -0.3 is 63.6 Å². The summed E-state index contributed by atoms with van der Waals surface area (Å²) in [7, 11) is -7.05. The number of benzene rings is 5. The molecule has 142 heavy (non-hydrogen) atoms. The summed E-state index contributed by atoms with van der Waals surface area (Å²) in [5, 5.41) is 29.2. The molecule has 9 aromatic rings. The number of rotatable bonds is 34. The van der Waals surface area contributed by atoms with Crippen LogP contribution in [-0.2, 0) is 100 Å². The summed E-state index contributed by atoms with van der Waals surface area (Å²) in [6.07, 6.45) is 26.6. The predicted molar refractivity (Wildman–Crippen MR) is 535 cm³/mol. The number of aromatic nitrogens is 8. The van der Waals surface area contributed by atoms with Crippen molar-refractivity contribution in [3.63, 3.8) is 0 Å². The highest BCUT2D eigenvalue weighted by molar-refractivity contribution is 7.93. The van der Waals surface area contributed by atoms with Gasteiger partial charge >= 0.3 is 0 Å². The first-order valence-electron chi connectivity index (χ1n) is 48.0. The van der Waals surface area contributed by atoms with Gasteiger partial charge in [0.05, 0.1) is 16.3 Å². The highest BCUT2D eigenvalue weighted by Crippen LogP contribution is 2.42. The second-order valence-corrected chi connectivity index (χ2v) is 42.3. The maximum Gasteiger partial charge on any atom is 0.261 e. The number of piperidine rings is 4. The fourth-order valence-electron chi connectivity index (χ4n) is 19.0. The van der Waals surface area contributed by atoms with Gasteiger partial charge in [-0.05, 0) is 197 Å². The molecule has 0 radical (unpaired) electrons. The van der Waals surface area contributed by atoms with E-state index < -0.39 is 65.8 Å². The third-order valence-corrected chi connectivity index (χ3v) is 30.9. The fraction of sp³-hybridized carbons (Fsp3) is 0.436. The molecule has 740 valence electrons. The molecule has 19 rings (SSSR count). The van der Waals surface area contributed by atoms with Gasteiger partial charge in [0.1, 0.15) is 44.4 Å². The number of hydrogen-bond donors (Lipinski definition) is 10. The van der Waals surface area contributed by atoms with Crippen LogP contribution in [0.25, 0.3) is 25.5 Å². The van der Waals surface area contributed by atoms with Gasteiger partial charge in [-0.25, -0.2) is 43.1 Å². The van der Waals surface area contributed by atoms with Crippen LogP contribution in [0.2, 0.25) is 0 Å². The molecule has 39 nitrogen and oxygen atoms in total. The van der Waals surface area contributed by atoms with Crippen LogP contribution in [0.5, 0.6) is 0 Å². The van der Waals surface area contributed by atoms with Gasteiger partial charge in [0.2, 0.25) is 59.8 Å². The Labute approximate surface area is 824 Å². The van der Waals surface area contributed by atoms with Crippen molar-refractivity contribution >= 4 is 120 Å². The smallest absolute Gasteiger partial charge is 0.261 e. The lowest BCUT2D eigenvalue weighted by atomic mass is 9.87. The maximum absolute atomic E-state index is 12.7. The molecule has 8 fully saturated rings. The number of aliphatic imine (C=N–C) groups is 1. The number of primary amides is 4. The van der Waals surface area contributed by atoms with Crippen molar-refractivity contribution in [1.29, 1.82) is 0 Å². The minimum Gasteiger partial charge on any atom is -0.365 e. The van der Waals surface area contributed by atoms with Crippen LogP contribution >= 0.6 is 0 Å². The predicted octanol–water partition coefficient (Wildman–Crippen LogP) is 10.4. The highest BCUT2D eigenvalue weighted by atomic mass is 32.2. The molecule has 4 saturated carbocycles. The van der Waals surface area contributed by atoms with E-state index in [1.807, 2.05) is 42.6 Å². The van der Waals surface area contributed by atoms with Gasteiger partial charge in [-0.15, -0.1) is 0 Å². The third-order valence-electron chi connectivity index (χ3n) is 28.2. The van der Waals surface area contributed by atoms with Crippen molar-refractivity contribution in [2.24, 2.45) is 51.6 Å². The Morgan fingerprint density at radius 1 is 0.394 bits per heavy atom.